The second kappa shape index (κ2) is 6.05. The van der Waals surface area contributed by atoms with E-state index >= 15 is 0 Å². The zero-order chi connectivity index (χ0) is 14.6. The van der Waals surface area contributed by atoms with E-state index in [9.17, 15) is 13.2 Å². The number of aliphatic carboxylic acids is 1. The minimum Gasteiger partial charge on any atom is -0.481 e. The van der Waals surface area contributed by atoms with E-state index in [4.69, 9.17) is 5.11 Å². The molecule has 2 rings (SSSR count). The van der Waals surface area contributed by atoms with Gasteiger partial charge in [-0.3, -0.25) is 4.79 Å². The van der Waals surface area contributed by atoms with Crippen molar-refractivity contribution in [3.05, 3.63) is 42.5 Å². The SMILES string of the molecule is O=C(O)CCCCS(=O)(=O)c1ccc2ccccc2c1. The number of rotatable bonds is 6. The number of carboxylic acid groups (broad SMARTS) is 1. The van der Waals surface area contributed by atoms with Gasteiger partial charge in [-0.15, -0.1) is 0 Å². The van der Waals surface area contributed by atoms with Gasteiger partial charge in [0.15, 0.2) is 9.84 Å². The molecule has 0 atom stereocenters. The van der Waals surface area contributed by atoms with Crippen molar-refractivity contribution in [3.8, 4) is 0 Å². The van der Waals surface area contributed by atoms with Crippen LogP contribution < -0.4 is 0 Å². The molecule has 0 saturated carbocycles. The fourth-order valence-electron chi connectivity index (χ4n) is 2.05. The lowest BCUT2D eigenvalue weighted by Crippen LogP contribution is -2.07. The third-order valence-corrected chi connectivity index (χ3v) is 4.93. The highest BCUT2D eigenvalue weighted by Gasteiger charge is 2.14. The zero-order valence-electron chi connectivity index (χ0n) is 11.0. The van der Waals surface area contributed by atoms with Crippen LogP contribution in [0, 0.1) is 0 Å². The Morgan fingerprint density at radius 2 is 1.70 bits per heavy atom. The third-order valence-electron chi connectivity index (χ3n) is 3.13. The van der Waals surface area contributed by atoms with E-state index in [1.807, 2.05) is 24.3 Å². The van der Waals surface area contributed by atoms with Gasteiger partial charge < -0.3 is 5.11 Å². The minimum atomic E-state index is -3.34. The van der Waals surface area contributed by atoms with Crippen molar-refractivity contribution >= 4 is 26.6 Å². The van der Waals surface area contributed by atoms with Gasteiger partial charge in [0.25, 0.3) is 0 Å². The summed E-state index contributed by atoms with van der Waals surface area (Å²) in [6.45, 7) is 0. The number of carbonyl (C=O) groups is 1. The van der Waals surface area contributed by atoms with Crippen molar-refractivity contribution in [2.75, 3.05) is 5.75 Å². The summed E-state index contributed by atoms with van der Waals surface area (Å²) in [5.74, 6) is -0.911. The Morgan fingerprint density at radius 1 is 1.00 bits per heavy atom. The van der Waals surface area contributed by atoms with Crippen molar-refractivity contribution < 1.29 is 18.3 Å². The Labute approximate surface area is 118 Å². The highest BCUT2D eigenvalue weighted by molar-refractivity contribution is 7.91. The maximum absolute atomic E-state index is 12.2. The molecule has 0 aliphatic rings. The molecule has 106 valence electrons. The second-order valence-electron chi connectivity index (χ2n) is 4.68. The summed E-state index contributed by atoms with van der Waals surface area (Å²) < 4.78 is 24.3. The molecule has 0 saturated heterocycles. The lowest BCUT2D eigenvalue weighted by atomic mass is 10.1. The monoisotopic (exact) mass is 292 g/mol. The predicted molar refractivity (Wildman–Crippen MR) is 77.5 cm³/mol. The maximum atomic E-state index is 12.2. The topological polar surface area (TPSA) is 71.4 Å². The van der Waals surface area contributed by atoms with Crippen LogP contribution in [0.3, 0.4) is 0 Å². The average Bonchev–Trinajstić information content (AvgIpc) is 2.43. The van der Waals surface area contributed by atoms with E-state index in [1.54, 1.807) is 18.2 Å². The quantitative estimate of drug-likeness (QED) is 0.831. The third kappa shape index (κ3) is 3.57. The first-order chi connectivity index (χ1) is 9.49. The van der Waals surface area contributed by atoms with Gasteiger partial charge in [0.1, 0.15) is 0 Å². The summed E-state index contributed by atoms with van der Waals surface area (Å²) in [6.07, 6.45) is 0.747. The standard InChI is InChI=1S/C15H16O4S/c16-15(17)7-3-4-10-20(18,19)14-9-8-12-5-1-2-6-13(12)11-14/h1-2,5-6,8-9,11H,3-4,7,10H2,(H,16,17). The fourth-order valence-corrected chi connectivity index (χ4v) is 3.45. The van der Waals surface area contributed by atoms with Crippen LogP contribution in [0.2, 0.25) is 0 Å². The van der Waals surface area contributed by atoms with E-state index in [0.717, 1.165) is 10.8 Å². The minimum absolute atomic E-state index is 0.00718. The van der Waals surface area contributed by atoms with Gasteiger partial charge in [0, 0.05) is 6.42 Å². The summed E-state index contributed by atoms with van der Waals surface area (Å²) in [5, 5.41) is 10.4. The van der Waals surface area contributed by atoms with Crippen LogP contribution in [0.5, 0.6) is 0 Å². The van der Waals surface area contributed by atoms with Crippen molar-refractivity contribution in [1.82, 2.24) is 0 Å². The maximum Gasteiger partial charge on any atom is 0.303 e. The Balaban J connectivity index is 2.13. The molecule has 0 radical (unpaired) electrons. The van der Waals surface area contributed by atoms with E-state index < -0.39 is 15.8 Å². The molecule has 0 aliphatic carbocycles. The Hall–Kier alpha value is -1.88. The van der Waals surface area contributed by atoms with Gasteiger partial charge in [0.05, 0.1) is 10.6 Å². The van der Waals surface area contributed by atoms with Crippen LogP contribution in [-0.2, 0) is 14.6 Å². The largest absolute Gasteiger partial charge is 0.481 e. The average molecular weight is 292 g/mol. The van der Waals surface area contributed by atoms with Crippen molar-refractivity contribution in [2.45, 2.75) is 24.2 Å². The molecule has 5 heteroatoms. The number of hydrogen-bond acceptors (Lipinski definition) is 3. The molecule has 2 aromatic carbocycles. The van der Waals surface area contributed by atoms with Gasteiger partial charge in [-0.25, -0.2) is 8.42 Å². The van der Waals surface area contributed by atoms with Crippen LogP contribution >= 0.6 is 0 Å². The molecule has 0 fully saturated rings. The highest BCUT2D eigenvalue weighted by Crippen LogP contribution is 2.20. The Bertz CT molecular complexity index is 719. The Kier molecular flexibility index (Phi) is 4.39. The van der Waals surface area contributed by atoms with Crippen molar-refractivity contribution in [1.29, 1.82) is 0 Å². The second-order valence-corrected chi connectivity index (χ2v) is 6.79. The van der Waals surface area contributed by atoms with E-state index in [-0.39, 0.29) is 12.2 Å². The van der Waals surface area contributed by atoms with Crippen LogP contribution in [0.15, 0.2) is 47.4 Å². The number of sulfone groups is 1. The van der Waals surface area contributed by atoms with Gasteiger partial charge in [-0.05, 0) is 35.7 Å². The molecule has 0 amide bonds. The molecule has 0 spiro atoms. The predicted octanol–water partition coefficient (Wildman–Crippen LogP) is 2.87. The number of fused-ring (bicyclic) bond motifs is 1. The van der Waals surface area contributed by atoms with Gasteiger partial charge >= 0.3 is 5.97 Å². The summed E-state index contributed by atoms with van der Waals surface area (Å²) in [6, 6.07) is 12.6. The smallest absolute Gasteiger partial charge is 0.303 e. The van der Waals surface area contributed by atoms with Crippen LogP contribution in [0.1, 0.15) is 19.3 Å². The summed E-state index contributed by atoms with van der Waals surface area (Å²) in [4.78, 5) is 10.7. The van der Waals surface area contributed by atoms with Crippen LogP contribution in [0.4, 0.5) is 0 Å². The zero-order valence-corrected chi connectivity index (χ0v) is 11.8. The first kappa shape index (κ1) is 14.5. The molecule has 0 bridgehead atoms. The summed E-state index contributed by atoms with van der Waals surface area (Å²) in [5.41, 5.74) is 0. The number of carboxylic acids is 1. The van der Waals surface area contributed by atoms with Gasteiger partial charge in [0.2, 0.25) is 0 Å². The normalized spacial score (nSPS) is 11.6. The van der Waals surface area contributed by atoms with Gasteiger partial charge in [-0.2, -0.15) is 0 Å². The first-order valence-corrected chi connectivity index (χ1v) is 8.08. The molecule has 0 unspecified atom stereocenters. The Morgan fingerprint density at radius 3 is 2.40 bits per heavy atom. The molecular weight excluding hydrogens is 276 g/mol. The lowest BCUT2D eigenvalue weighted by molar-refractivity contribution is -0.137. The van der Waals surface area contributed by atoms with E-state index in [1.165, 1.54) is 0 Å². The van der Waals surface area contributed by atoms with E-state index in [2.05, 4.69) is 0 Å². The molecule has 4 nitrogen and oxygen atoms in total. The van der Waals surface area contributed by atoms with Crippen LogP contribution in [-0.4, -0.2) is 25.2 Å². The molecule has 0 heterocycles. The summed E-state index contributed by atoms with van der Waals surface area (Å²) >= 11 is 0. The molecule has 0 aromatic heterocycles. The molecule has 1 N–H and O–H groups in total. The molecule has 0 aliphatic heterocycles. The lowest BCUT2D eigenvalue weighted by Gasteiger charge is -2.05. The van der Waals surface area contributed by atoms with Crippen LogP contribution in [0.25, 0.3) is 10.8 Å². The van der Waals surface area contributed by atoms with Gasteiger partial charge in [-0.1, -0.05) is 30.3 Å². The van der Waals surface area contributed by atoms with Crippen molar-refractivity contribution in [2.24, 2.45) is 0 Å². The number of unbranched alkanes of at least 4 members (excludes halogenated alkanes) is 1. The first-order valence-electron chi connectivity index (χ1n) is 6.42. The number of hydrogen-bond donors (Lipinski definition) is 1. The summed E-state index contributed by atoms with van der Waals surface area (Å²) in [7, 11) is -3.34. The molecule has 2 aromatic rings. The molecular formula is C15H16O4S. The fraction of sp³-hybridized carbons (Fsp3) is 0.267. The van der Waals surface area contributed by atoms with Crippen molar-refractivity contribution in [3.63, 3.8) is 0 Å². The number of benzene rings is 2. The van der Waals surface area contributed by atoms with E-state index in [0.29, 0.717) is 17.7 Å². The molecule has 20 heavy (non-hydrogen) atoms. The highest BCUT2D eigenvalue weighted by atomic mass is 32.2.